The molecule has 0 heterocycles. The summed E-state index contributed by atoms with van der Waals surface area (Å²) in [7, 11) is 0. The van der Waals surface area contributed by atoms with Crippen molar-refractivity contribution in [1.82, 2.24) is 0 Å². The van der Waals surface area contributed by atoms with Crippen LogP contribution >= 0.6 is 0 Å². The second-order valence-electron chi connectivity index (χ2n) is 31.0. The quantitative estimate of drug-likeness (QED) is 0.191. The highest BCUT2D eigenvalue weighted by atomic mass is 19.3. The van der Waals surface area contributed by atoms with Crippen LogP contribution in [-0.2, 0) is 0 Å². The van der Waals surface area contributed by atoms with E-state index in [2.05, 4.69) is 152 Å². The van der Waals surface area contributed by atoms with Gasteiger partial charge in [-0.2, -0.15) is 0 Å². The fourth-order valence-electron chi connectivity index (χ4n) is 19.8. The SMILES string of the molecule is C.C.C.C.C.C.CC(C)C1C2CC2C(C)(C)C1C(C)C.CC(C)C1C2CC2C(F)(F)C1C(C)C.CC(C)C1CC2C(C1C(C)C)C2(C)C.CC(C)C1CC2C(C1C(C)C)C2(F)F.CC(C)C1CC2CC2C1C(C)C. The maximum Gasteiger partial charge on any atom is 0.254 e. The first kappa shape index (κ1) is 73.7. The predicted octanol–water partition coefficient (Wildman–Crippen LogP) is 23.4. The zero-order chi connectivity index (χ0) is 51.6. The zero-order valence-corrected chi connectivity index (χ0v) is 49.1. The van der Waals surface area contributed by atoms with E-state index in [0.29, 0.717) is 40.4 Å². The van der Waals surface area contributed by atoms with E-state index < -0.39 is 11.8 Å². The van der Waals surface area contributed by atoms with E-state index in [-0.39, 0.29) is 86.0 Å². The number of hydrogen-bond acceptors (Lipinski definition) is 0. The molecule has 20 atom stereocenters. The molecular weight excluding hydrogens is 917 g/mol. The third kappa shape index (κ3) is 13.7. The Morgan fingerprint density at radius 2 is 0.635 bits per heavy atom. The smallest absolute Gasteiger partial charge is 0.206 e. The third-order valence-corrected chi connectivity index (χ3v) is 22.9. The van der Waals surface area contributed by atoms with Crippen molar-refractivity contribution >= 4 is 0 Å². The van der Waals surface area contributed by atoms with Gasteiger partial charge in [-0.15, -0.1) is 0 Å². The van der Waals surface area contributed by atoms with E-state index in [1.165, 1.54) is 12.8 Å². The van der Waals surface area contributed by atoms with E-state index in [0.717, 1.165) is 119 Å². The maximum atomic E-state index is 13.9. The van der Waals surface area contributed by atoms with Crippen LogP contribution in [0.25, 0.3) is 0 Å². The molecular formula is C70H138F4. The Bertz CT molecular complexity index is 1530. The normalized spacial score (nSPS) is 41.1. The van der Waals surface area contributed by atoms with Gasteiger partial charge in [-0.3, -0.25) is 0 Å². The number of alkyl halides is 4. The monoisotopic (exact) mass is 1060 g/mol. The summed E-state index contributed by atoms with van der Waals surface area (Å²) < 4.78 is 54.4. The highest BCUT2D eigenvalue weighted by molar-refractivity contribution is 5.17. The van der Waals surface area contributed by atoms with Crippen LogP contribution in [0.4, 0.5) is 17.6 Å². The standard InChI is InChI=1S/2C14H26.2C12H20F2.C12H22.6CH4/c1-8(2)12-10-7-11(10)14(5,6)13(12)9(3)4;1-8(2)10-7-11-13(14(11,5)6)12(10)9(3)4;1-6(2)10-8-5-9(8)12(13,14)11(10)7(3)4;1-6(2)8-5-9-11(12(9,13)14)10(8)7(3)4;1-7(2)10-5-9-6-11(9)12(10)8(3)4;;;;;;/h2*8-13H,7H2,1-6H3;2*6-11H,5H2,1-4H3;7-12H,5-6H2,1-4H3;6*1H4. The molecule has 10 saturated carbocycles. The summed E-state index contributed by atoms with van der Waals surface area (Å²) in [4.78, 5) is 0. The lowest BCUT2D eigenvalue weighted by Crippen LogP contribution is -2.36. The van der Waals surface area contributed by atoms with Crippen LogP contribution in [0.2, 0.25) is 0 Å². The fourth-order valence-corrected chi connectivity index (χ4v) is 19.8. The minimum atomic E-state index is -2.38. The summed E-state index contributed by atoms with van der Waals surface area (Å²) in [5.41, 5.74) is 1.30. The summed E-state index contributed by atoms with van der Waals surface area (Å²) in [6, 6.07) is 0. The zero-order valence-electron chi connectivity index (χ0n) is 49.1. The molecule has 0 nitrogen and oxygen atoms in total. The first-order valence-corrected chi connectivity index (χ1v) is 29.8. The van der Waals surface area contributed by atoms with Gasteiger partial charge in [0.25, 0.3) is 11.8 Å². The summed E-state index contributed by atoms with van der Waals surface area (Å²) in [5.74, 6) is 15.0. The van der Waals surface area contributed by atoms with Crippen molar-refractivity contribution < 1.29 is 17.6 Å². The van der Waals surface area contributed by atoms with Crippen molar-refractivity contribution in [3.8, 4) is 0 Å². The lowest BCUT2D eigenvalue weighted by atomic mass is 9.66. The molecule has 0 spiro atoms. The molecule has 0 amide bonds. The third-order valence-electron chi connectivity index (χ3n) is 22.9. The molecule has 10 fully saturated rings. The summed E-state index contributed by atoms with van der Waals surface area (Å²) in [6.07, 6.45) is 7.69. The van der Waals surface area contributed by atoms with E-state index in [4.69, 9.17) is 0 Å². The average molecular weight is 1060 g/mol. The highest BCUT2D eigenvalue weighted by Crippen LogP contribution is 2.74. The minimum absolute atomic E-state index is 0. The summed E-state index contributed by atoms with van der Waals surface area (Å²) >= 11 is 0. The lowest BCUT2D eigenvalue weighted by Gasteiger charge is -2.39. The Hall–Kier alpha value is -0.280. The van der Waals surface area contributed by atoms with Crippen LogP contribution in [0.15, 0.2) is 0 Å². The van der Waals surface area contributed by atoms with Crippen LogP contribution in [-0.4, -0.2) is 11.8 Å². The average Bonchev–Trinajstić information content (AvgIpc) is 4.17. The van der Waals surface area contributed by atoms with Gasteiger partial charge in [-0.1, -0.05) is 211 Å². The van der Waals surface area contributed by atoms with Gasteiger partial charge < -0.3 is 0 Å². The Labute approximate surface area is 465 Å². The Balaban J connectivity index is 0.000000883. The van der Waals surface area contributed by atoms with Gasteiger partial charge in [0.05, 0.1) is 0 Å². The van der Waals surface area contributed by atoms with Crippen molar-refractivity contribution in [1.29, 1.82) is 0 Å². The van der Waals surface area contributed by atoms with Crippen LogP contribution in [0, 0.1) is 188 Å². The summed E-state index contributed by atoms with van der Waals surface area (Å²) in [5, 5.41) is 0. The van der Waals surface area contributed by atoms with Gasteiger partial charge in [0.2, 0.25) is 0 Å². The van der Waals surface area contributed by atoms with Gasteiger partial charge in [0.1, 0.15) is 0 Å². The molecule has 4 heteroatoms. The molecule has 20 unspecified atom stereocenters. The second-order valence-corrected chi connectivity index (χ2v) is 31.0. The minimum Gasteiger partial charge on any atom is -0.206 e. The molecule has 0 saturated heterocycles. The number of rotatable bonds is 10. The number of fused-ring (bicyclic) bond motifs is 5. The van der Waals surface area contributed by atoms with Crippen molar-refractivity contribution in [2.75, 3.05) is 0 Å². The Morgan fingerprint density at radius 3 is 0.986 bits per heavy atom. The highest BCUT2D eigenvalue weighted by Gasteiger charge is 2.76. The molecule has 10 aliphatic carbocycles. The number of hydrogen-bond donors (Lipinski definition) is 0. The lowest BCUT2D eigenvalue weighted by molar-refractivity contribution is -0.0925. The molecule has 10 aliphatic rings. The van der Waals surface area contributed by atoms with Crippen molar-refractivity contribution in [3.05, 3.63) is 0 Å². The van der Waals surface area contributed by atoms with Gasteiger partial charge in [-0.25, -0.2) is 17.6 Å². The Kier molecular flexibility index (Phi) is 26.0. The van der Waals surface area contributed by atoms with Crippen LogP contribution < -0.4 is 0 Å². The first-order valence-electron chi connectivity index (χ1n) is 29.8. The number of halogens is 4. The maximum absolute atomic E-state index is 13.9. The van der Waals surface area contributed by atoms with E-state index in [1.807, 2.05) is 13.8 Å². The van der Waals surface area contributed by atoms with Crippen molar-refractivity contribution in [2.24, 2.45) is 188 Å². The molecule has 0 aromatic rings. The van der Waals surface area contributed by atoms with Crippen LogP contribution in [0.5, 0.6) is 0 Å². The molecule has 0 aromatic heterocycles. The van der Waals surface area contributed by atoms with Crippen LogP contribution in [0.1, 0.15) is 249 Å². The molecule has 74 heavy (non-hydrogen) atoms. The molecule has 0 aliphatic heterocycles. The van der Waals surface area contributed by atoms with Crippen molar-refractivity contribution in [3.63, 3.8) is 0 Å². The van der Waals surface area contributed by atoms with Crippen LogP contribution in [0.3, 0.4) is 0 Å². The molecule has 0 radical (unpaired) electrons. The molecule has 0 bridgehead atoms. The van der Waals surface area contributed by atoms with Crippen molar-refractivity contribution in [2.45, 2.75) is 261 Å². The topological polar surface area (TPSA) is 0 Å². The molecule has 0 aromatic carbocycles. The Morgan fingerprint density at radius 1 is 0.284 bits per heavy atom. The fraction of sp³-hybridized carbons (Fsp3) is 1.00. The predicted molar refractivity (Wildman–Crippen MR) is 324 cm³/mol. The van der Waals surface area contributed by atoms with Gasteiger partial charge in [0, 0.05) is 23.7 Å². The van der Waals surface area contributed by atoms with E-state index in [1.54, 1.807) is 12.8 Å². The second kappa shape index (κ2) is 26.1. The van der Waals surface area contributed by atoms with E-state index in [9.17, 15) is 17.6 Å². The largest absolute Gasteiger partial charge is 0.254 e. The summed E-state index contributed by atoms with van der Waals surface area (Å²) in [6.45, 7) is 55.6. The van der Waals surface area contributed by atoms with Gasteiger partial charge >= 0.3 is 0 Å². The first-order chi connectivity index (χ1) is 31.1. The van der Waals surface area contributed by atoms with E-state index >= 15 is 0 Å². The molecule has 446 valence electrons. The molecule has 10 rings (SSSR count). The van der Waals surface area contributed by atoms with Gasteiger partial charge in [0.15, 0.2) is 0 Å². The van der Waals surface area contributed by atoms with Gasteiger partial charge in [-0.05, 0) is 203 Å². The molecule has 0 N–H and O–H groups in total.